The third-order valence-electron chi connectivity index (χ3n) is 4.25. The number of nitrogens with one attached hydrogen (secondary N) is 2. The predicted molar refractivity (Wildman–Crippen MR) is 102 cm³/mol. The van der Waals surface area contributed by atoms with Crippen molar-refractivity contribution in [3.8, 4) is 0 Å². The molecule has 1 heterocycles. The zero-order valence-corrected chi connectivity index (χ0v) is 14.8. The molecule has 6 nitrogen and oxygen atoms in total. The lowest BCUT2D eigenvalue weighted by Gasteiger charge is -2.28. The lowest BCUT2D eigenvalue weighted by atomic mass is 10.1. The monoisotopic (exact) mass is 353 g/mol. The van der Waals surface area contributed by atoms with E-state index >= 15 is 0 Å². The highest BCUT2D eigenvalue weighted by atomic mass is 16.5. The number of nitrogens with zero attached hydrogens (tertiary/aromatic N) is 1. The minimum atomic E-state index is -0.177. The number of carbonyl (C=O) groups excluding carboxylic acids is 2. The Morgan fingerprint density at radius 3 is 2.12 bits per heavy atom. The molecule has 0 aliphatic carbocycles. The molecule has 0 saturated carbocycles. The van der Waals surface area contributed by atoms with Crippen molar-refractivity contribution in [1.82, 2.24) is 5.32 Å². The Morgan fingerprint density at radius 1 is 0.923 bits per heavy atom. The molecule has 2 aromatic carbocycles. The van der Waals surface area contributed by atoms with Crippen molar-refractivity contribution in [2.24, 2.45) is 0 Å². The molecule has 1 aliphatic rings. The predicted octanol–water partition coefficient (Wildman–Crippen LogP) is 2.53. The van der Waals surface area contributed by atoms with Crippen LogP contribution in [-0.2, 0) is 4.74 Å². The molecule has 0 bridgehead atoms. The van der Waals surface area contributed by atoms with Crippen molar-refractivity contribution in [1.29, 1.82) is 0 Å². The minimum absolute atomic E-state index is 0.121. The summed E-state index contributed by atoms with van der Waals surface area (Å²) in [5.74, 6) is -0.298. The van der Waals surface area contributed by atoms with Crippen LogP contribution in [0.3, 0.4) is 0 Å². The van der Waals surface area contributed by atoms with Gasteiger partial charge in [0.2, 0.25) is 0 Å². The van der Waals surface area contributed by atoms with Gasteiger partial charge in [-0.3, -0.25) is 9.59 Å². The van der Waals surface area contributed by atoms with Crippen LogP contribution in [0.5, 0.6) is 0 Å². The molecule has 1 aliphatic heterocycles. The van der Waals surface area contributed by atoms with E-state index in [0.29, 0.717) is 23.4 Å². The van der Waals surface area contributed by atoms with Crippen molar-refractivity contribution in [2.75, 3.05) is 43.1 Å². The van der Waals surface area contributed by atoms with Gasteiger partial charge < -0.3 is 20.3 Å². The van der Waals surface area contributed by atoms with Crippen molar-refractivity contribution in [3.05, 3.63) is 59.7 Å². The first kappa shape index (κ1) is 17.9. The first-order valence-corrected chi connectivity index (χ1v) is 8.80. The Balaban J connectivity index is 1.61. The maximum absolute atomic E-state index is 12.4. The lowest BCUT2D eigenvalue weighted by molar-refractivity contribution is 0.0955. The van der Waals surface area contributed by atoms with Crippen LogP contribution >= 0.6 is 0 Å². The molecule has 0 unspecified atom stereocenters. The van der Waals surface area contributed by atoms with Gasteiger partial charge >= 0.3 is 0 Å². The summed E-state index contributed by atoms with van der Waals surface area (Å²) in [6.07, 6.45) is 0. The molecule has 0 atom stereocenters. The molecule has 0 spiro atoms. The van der Waals surface area contributed by atoms with Gasteiger partial charge in [0, 0.05) is 42.1 Å². The van der Waals surface area contributed by atoms with Crippen LogP contribution in [0, 0.1) is 0 Å². The second-order valence-electron chi connectivity index (χ2n) is 6.04. The largest absolute Gasteiger partial charge is 0.378 e. The highest BCUT2D eigenvalue weighted by Crippen LogP contribution is 2.18. The van der Waals surface area contributed by atoms with E-state index < -0.39 is 0 Å². The molecule has 26 heavy (non-hydrogen) atoms. The van der Waals surface area contributed by atoms with Gasteiger partial charge in [-0.1, -0.05) is 0 Å². The van der Waals surface area contributed by atoms with Crippen molar-refractivity contribution >= 4 is 23.2 Å². The SMILES string of the molecule is CCNC(=O)c1ccc(NC(=O)c2ccc(N3CCOCC3)cc2)cc1. The van der Waals surface area contributed by atoms with E-state index in [4.69, 9.17) is 4.74 Å². The first-order valence-electron chi connectivity index (χ1n) is 8.80. The van der Waals surface area contributed by atoms with E-state index in [1.54, 1.807) is 24.3 Å². The summed E-state index contributed by atoms with van der Waals surface area (Å²) >= 11 is 0. The molecule has 2 aromatic rings. The third kappa shape index (κ3) is 4.40. The summed E-state index contributed by atoms with van der Waals surface area (Å²) in [7, 11) is 0. The molecule has 136 valence electrons. The van der Waals surface area contributed by atoms with Crippen LogP contribution in [0.25, 0.3) is 0 Å². The van der Waals surface area contributed by atoms with Gasteiger partial charge in [-0.2, -0.15) is 0 Å². The normalized spacial score (nSPS) is 14.0. The lowest BCUT2D eigenvalue weighted by Crippen LogP contribution is -2.36. The fourth-order valence-corrected chi connectivity index (χ4v) is 2.82. The highest BCUT2D eigenvalue weighted by molar-refractivity contribution is 6.04. The van der Waals surface area contributed by atoms with Gasteiger partial charge in [-0.15, -0.1) is 0 Å². The molecular formula is C20H23N3O3. The number of carbonyl (C=O) groups is 2. The molecule has 1 saturated heterocycles. The maximum atomic E-state index is 12.4. The standard InChI is InChI=1S/C20H23N3O3/c1-2-21-19(24)15-3-7-17(8-4-15)22-20(25)16-5-9-18(10-6-16)23-11-13-26-14-12-23/h3-10H,2,11-14H2,1H3,(H,21,24)(H,22,25). The zero-order valence-electron chi connectivity index (χ0n) is 14.8. The molecule has 2 amide bonds. The Morgan fingerprint density at radius 2 is 1.50 bits per heavy atom. The van der Waals surface area contributed by atoms with E-state index in [1.165, 1.54) is 0 Å². The van der Waals surface area contributed by atoms with E-state index in [0.717, 1.165) is 32.0 Å². The number of morpholine rings is 1. The number of hydrogen-bond acceptors (Lipinski definition) is 4. The summed E-state index contributed by atoms with van der Waals surface area (Å²) in [4.78, 5) is 26.4. The summed E-state index contributed by atoms with van der Waals surface area (Å²) in [5, 5.41) is 5.59. The van der Waals surface area contributed by atoms with Crippen molar-refractivity contribution in [3.63, 3.8) is 0 Å². The van der Waals surface area contributed by atoms with Crippen molar-refractivity contribution in [2.45, 2.75) is 6.92 Å². The van der Waals surface area contributed by atoms with Crippen molar-refractivity contribution < 1.29 is 14.3 Å². The van der Waals surface area contributed by atoms with Crippen LogP contribution in [0.1, 0.15) is 27.6 Å². The maximum Gasteiger partial charge on any atom is 0.255 e. The van der Waals surface area contributed by atoms with Gasteiger partial charge in [0.05, 0.1) is 13.2 Å². The number of ether oxygens (including phenoxy) is 1. The van der Waals surface area contributed by atoms with E-state index in [9.17, 15) is 9.59 Å². The average Bonchev–Trinajstić information content (AvgIpc) is 2.69. The fourth-order valence-electron chi connectivity index (χ4n) is 2.82. The Hall–Kier alpha value is -2.86. The smallest absolute Gasteiger partial charge is 0.255 e. The zero-order chi connectivity index (χ0) is 18.4. The third-order valence-corrected chi connectivity index (χ3v) is 4.25. The Bertz CT molecular complexity index is 751. The number of anilines is 2. The number of hydrogen-bond donors (Lipinski definition) is 2. The molecule has 1 fully saturated rings. The van der Waals surface area contributed by atoms with Crippen LogP contribution in [0.2, 0.25) is 0 Å². The minimum Gasteiger partial charge on any atom is -0.378 e. The summed E-state index contributed by atoms with van der Waals surface area (Å²) in [6.45, 7) is 5.64. The van der Waals surface area contributed by atoms with Gasteiger partial charge in [0.1, 0.15) is 0 Å². The van der Waals surface area contributed by atoms with Crippen LogP contribution in [0.15, 0.2) is 48.5 Å². The number of benzene rings is 2. The van der Waals surface area contributed by atoms with Gasteiger partial charge in [-0.25, -0.2) is 0 Å². The molecule has 2 N–H and O–H groups in total. The molecule has 6 heteroatoms. The Labute approximate surface area is 153 Å². The van der Waals surface area contributed by atoms with Gasteiger partial charge in [0.25, 0.3) is 11.8 Å². The first-order chi connectivity index (χ1) is 12.7. The summed E-state index contributed by atoms with van der Waals surface area (Å²) < 4.78 is 5.36. The van der Waals surface area contributed by atoms with Crippen LogP contribution in [0.4, 0.5) is 11.4 Å². The average molecular weight is 353 g/mol. The fraction of sp³-hybridized carbons (Fsp3) is 0.300. The number of amides is 2. The molecule has 0 aromatic heterocycles. The second kappa shape index (κ2) is 8.49. The molecular weight excluding hydrogens is 330 g/mol. The number of rotatable bonds is 5. The van der Waals surface area contributed by atoms with E-state index in [2.05, 4.69) is 15.5 Å². The van der Waals surface area contributed by atoms with Crippen LogP contribution in [-0.4, -0.2) is 44.7 Å². The summed E-state index contributed by atoms with van der Waals surface area (Å²) in [5.41, 5.74) is 2.91. The molecule has 0 radical (unpaired) electrons. The van der Waals surface area contributed by atoms with Gasteiger partial charge in [-0.05, 0) is 55.5 Å². The second-order valence-corrected chi connectivity index (χ2v) is 6.04. The Kier molecular flexibility index (Phi) is 5.86. The quantitative estimate of drug-likeness (QED) is 0.867. The summed E-state index contributed by atoms with van der Waals surface area (Å²) in [6, 6.07) is 14.4. The highest BCUT2D eigenvalue weighted by Gasteiger charge is 2.12. The molecule has 3 rings (SSSR count). The van der Waals surface area contributed by atoms with E-state index in [1.807, 2.05) is 31.2 Å². The van der Waals surface area contributed by atoms with Gasteiger partial charge in [0.15, 0.2) is 0 Å². The van der Waals surface area contributed by atoms with E-state index in [-0.39, 0.29) is 11.8 Å². The topological polar surface area (TPSA) is 70.7 Å². The van der Waals surface area contributed by atoms with Crippen LogP contribution < -0.4 is 15.5 Å².